The molecule has 2 fully saturated rings. The molecule has 0 radical (unpaired) electrons. The van der Waals surface area contributed by atoms with E-state index >= 15 is 0 Å². The minimum absolute atomic E-state index is 0.0625. The van der Waals surface area contributed by atoms with E-state index in [1.807, 2.05) is 42.5 Å². The summed E-state index contributed by atoms with van der Waals surface area (Å²) in [6.07, 6.45) is 4.90. The molecule has 0 saturated carbocycles. The zero-order chi connectivity index (χ0) is 30.5. The molecule has 0 aliphatic carbocycles. The average Bonchev–Trinajstić information content (AvgIpc) is 3.64. The van der Waals surface area contributed by atoms with Crippen molar-refractivity contribution < 1.29 is 18.8 Å². The number of halogens is 1. The number of thioether (sulfide) groups is 1. The summed E-state index contributed by atoms with van der Waals surface area (Å²) in [4.78, 5) is 51.9. The molecule has 44 heavy (non-hydrogen) atoms. The zero-order valence-corrected chi connectivity index (χ0v) is 24.6. The molecule has 8 nitrogen and oxygen atoms in total. The van der Waals surface area contributed by atoms with Crippen LogP contribution in [0.25, 0.3) is 0 Å². The molecule has 2 saturated heterocycles. The quantitative estimate of drug-likeness (QED) is 0.269. The molecule has 3 heterocycles. The number of hydrogen-bond donors (Lipinski definition) is 1. The van der Waals surface area contributed by atoms with Gasteiger partial charge in [-0.25, -0.2) is 9.38 Å². The Morgan fingerprint density at radius 1 is 0.977 bits per heavy atom. The van der Waals surface area contributed by atoms with Crippen molar-refractivity contribution in [3.8, 4) is 0 Å². The Labute approximate surface area is 259 Å². The number of carbonyl (C=O) groups is 3. The van der Waals surface area contributed by atoms with Crippen LogP contribution in [0.1, 0.15) is 34.8 Å². The number of carbonyl (C=O) groups excluding carboxylic acids is 3. The van der Waals surface area contributed by atoms with Gasteiger partial charge in [-0.3, -0.25) is 24.3 Å². The SMILES string of the molecule is O=C(Nc1ccc(C2S/C(=N\c3cccnc3)N(Cc3cccc(F)c3)C2=O)cc1)[C@@H]1CCCN1C(=O)Cc1ccccc1. The van der Waals surface area contributed by atoms with Gasteiger partial charge in [0.2, 0.25) is 17.7 Å². The predicted octanol–water partition coefficient (Wildman–Crippen LogP) is 5.90. The highest BCUT2D eigenvalue weighted by molar-refractivity contribution is 8.15. The Morgan fingerprint density at radius 3 is 2.52 bits per heavy atom. The summed E-state index contributed by atoms with van der Waals surface area (Å²) in [6, 6.07) is 25.9. The highest BCUT2D eigenvalue weighted by atomic mass is 32.2. The second-order valence-corrected chi connectivity index (χ2v) is 11.7. The van der Waals surface area contributed by atoms with E-state index in [1.54, 1.807) is 58.6 Å². The van der Waals surface area contributed by atoms with E-state index in [2.05, 4.69) is 15.3 Å². The van der Waals surface area contributed by atoms with Crippen molar-refractivity contribution in [1.82, 2.24) is 14.8 Å². The van der Waals surface area contributed by atoms with Crippen molar-refractivity contribution in [2.45, 2.75) is 37.1 Å². The van der Waals surface area contributed by atoms with Crippen LogP contribution >= 0.6 is 11.8 Å². The Kier molecular flexibility index (Phi) is 8.79. The van der Waals surface area contributed by atoms with Crippen LogP contribution in [0.5, 0.6) is 0 Å². The number of pyridine rings is 1. The third-order valence-corrected chi connectivity index (χ3v) is 8.83. The van der Waals surface area contributed by atoms with Crippen LogP contribution in [0.3, 0.4) is 0 Å². The number of amides is 3. The number of aliphatic imine (C=N–C) groups is 1. The average molecular weight is 608 g/mol. The molecule has 222 valence electrons. The van der Waals surface area contributed by atoms with Crippen LogP contribution in [0.2, 0.25) is 0 Å². The molecule has 3 amide bonds. The summed E-state index contributed by atoms with van der Waals surface area (Å²) in [6.45, 7) is 0.729. The normalized spacial score (nSPS) is 19.0. The number of likely N-dealkylation sites (tertiary alicyclic amines) is 1. The van der Waals surface area contributed by atoms with Gasteiger partial charge in [0.15, 0.2) is 5.17 Å². The summed E-state index contributed by atoms with van der Waals surface area (Å²) in [5.74, 6) is -0.831. The molecule has 2 aliphatic heterocycles. The second kappa shape index (κ2) is 13.2. The molecule has 0 bridgehead atoms. The minimum Gasteiger partial charge on any atom is -0.330 e. The van der Waals surface area contributed by atoms with Crippen LogP contribution in [-0.4, -0.2) is 50.3 Å². The molecule has 3 aromatic carbocycles. The summed E-state index contributed by atoms with van der Waals surface area (Å²) >= 11 is 1.32. The van der Waals surface area contributed by atoms with Crippen molar-refractivity contribution in [1.29, 1.82) is 0 Å². The van der Waals surface area contributed by atoms with Crippen LogP contribution in [0.15, 0.2) is 108 Å². The van der Waals surface area contributed by atoms with Crippen molar-refractivity contribution in [3.05, 3.63) is 126 Å². The van der Waals surface area contributed by atoms with Gasteiger partial charge in [0.25, 0.3) is 0 Å². The number of hydrogen-bond acceptors (Lipinski definition) is 6. The maximum Gasteiger partial charge on any atom is 0.247 e. The van der Waals surface area contributed by atoms with Gasteiger partial charge in [0, 0.05) is 18.4 Å². The summed E-state index contributed by atoms with van der Waals surface area (Å²) in [5.41, 5.74) is 3.51. The van der Waals surface area contributed by atoms with Gasteiger partial charge < -0.3 is 10.2 Å². The topological polar surface area (TPSA) is 95.0 Å². The smallest absolute Gasteiger partial charge is 0.247 e. The molecule has 4 aromatic rings. The van der Waals surface area contributed by atoms with Gasteiger partial charge in [-0.15, -0.1) is 0 Å². The van der Waals surface area contributed by atoms with Crippen LogP contribution in [0, 0.1) is 5.82 Å². The second-order valence-electron chi connectivity index (χ2n) is 10.7. The van der Waals surface area contributed by atoms with Gasteiger partial charge >= 0.3 is 0 Å². The number of rotatable bonds is 8. The Morgan fingerprint density at radius 2 is 1.77 bits per heavy atom. The molecule has 10 heteroatoms. The van der Waals surface area contributed by atoms with Crippen molar-refractivity contribution in [2.75, 3.05) is 11.9 Å². The molecule has 6 rings (SSSR count). The maximum atomic E-state index is 13.9. The van der Waals surface area contributed by atoms with E-state index in [1.165, 1.54) is 23.9 Å². The molecular weight excluding hydrogens is 577 g/mol. The zero-order valence-electron chi connectivity index (χ0n) is 23.8. The first-order valence-electron chi connectivity index (χ1n) is 14.4. The van der Waals surface area contributed by atoms with Crippen LogP contribution < -0.4 is 5.32 Å². The first kappa shape index (κ1) is 29.3. The first-order chi connectivity index (χ1) is 21.4. The maximum absolute atomic E-state index is 13.9. The molecule has 2 aliphatic rings. The highest BCUT2D eigenvalue weighted by Crippen LogP contribution is 2.41. The van der Waals surface area contributed by atoms with Gasteiger partial charge in [-0.1, -0.05) is 66.4 Å². The van der Waals surface area contributed by atoms with Crippen molar-refractivity contribution >= 4 is 46.0 Å². The number of nitrogens with one attached hydrogen (secondary N) is 1. The fourth-order valence-electron chi connectivity index (χ4n) is 5.42. The van der Waals surface area contributed by atoms with E-state index in [9.17, 15) is 18.8 Å². The number of aromatic nitrogens is 1. The van der Waals surface area contributed by atoms with Crippen LogP contribution in [-0.2, 0) is 27.3 Å². The Hall–Kier alpha value is -4.83. The number of anilines is 1. The van der Waals surface area contributed by atoms with Crippen LogP contribution in [0.4, 0.5) is 15.8 Å². The largest absolute Gasteiger partial charge is 0.330 e. The van der Waals surface area contributed by atoms with Gasteiger partial charge in [-0.05, 0) is 65.9 Å². The monoisotopic (exact) mass is 607 g/mol. The third kappa shape index (κ3) is 6.70. The number of benzene rings is 3. The summed E-state index contributed by atoms with van der Waals surface area (Å²) in [7, 11) is 0. The summed E-state index contributed by atoms with van der Waals surface area (Å²) < 4.78 is 13.9. The highest BCUT2D eigenvalue weighted by Gasteiger charge is 2.39. The van der Waals surface area contributed by atoms with Crippen molar-refractivity contribution in [3.63, 3.8) is 0 Å². The standard InChI is InChI=1S/C34H30FN5O3S/c35-26-10-4-9-24(19-26)22-40-33(43)31(44-34(40)38-28-11-5-17-36-21-28)25-13-15-27(16-14-25)37-32(42)29-12-6-18-39(29)30(41)20-23-7-2-1-3-8-23/h1-5,7-11,13-17,19,21,29,31H,6,12,18,20,22H2,(H,37,42)/b38-34-/t29-,31?/m0/s1. The fraction of sp³-hybridized carbons (Fsp3) is 0.206. The predicted molar refractivity (Wildman–Crippen MR) is 169 cm³/mol. The molecule has 1 N–H and O–H groups in total. The molecule has 1 unspecified atom stereocenters. The fourth-order valence-corrected chi connectivity index (χ4v) is 6.59. The lowest BCUT2D eigenvalue weighted by Crippen LogP contribution is -2.43. The molecular formula is C34H30FN5O3S. The van der Waals surface area contributed by atoms with E-state index in [4.69, 9.17) is 0 Å². The third-order valence-electron chi connectivity index (χ3n) is 7.60. The van der Waals surface area contributed by atoms with E-state index in [0.29, 0.717) is 35.1 Å². The van der Waals surface area contributed by atoms with Crippen molar-refractivity contribution in [2.24, 2.45) is 4.99 Å². The number of amidine groups is 1. The molecule has 1 aromatic heterocycles. The summed E-state index contributed by atoms with van der Waals surface area (Å²) in [5, 5.41) is 2.88. The number of nitrogens with zero attached hydrogens (tertiary/aromatic N) is 4. The lowest BCUT2D eigenvalue weighted by molar-refractivity contribution is -0.136. The van der Waals surface area contributed by atoms with Gasteiger partial charge in [-0.2, -0.15) is 0 Å². The van der Waals surface area contributed by atoms with Gasteiger partial charge in [0.05, 0.1) is 24.8 Å². The molecule has 0 spiro atoms. The molecule has 2 atom stereocenters. The lowest BCUT2D eigenvalue weighted by Gasteiger charge is -2.24. The first-order valence-corrected chi connectivity index (χ1v) is 15.3. The lowest BCUT2D eigenvalue weighted by atomic mass is 10.1. The van der Waals surface area contributed by atoms with Gasteiger partial charge in [0.1, 0.15) is 17.1 Å². The van der Waals surface area contributed by atoms with E-state index < -0.39 is 11.3 Å². The Bertz CT molecular complexity index is 1680. The van der Waals surface area contributed by atoms with E-state index in [0.717, 1.165) is 17.5 Å². The minimum atomic E-state index is -0.565. The van der Waals surface area contributed by atoms with E-state index in [-0.39, 0.29) is 36.5 Å². The Balaban J connectivity index is 1.15.